The van der Waals surface area contributed by atoms with Gasteiger partial charge in [0.1, 0.15) is 0 Å². The predicted octanol–water partition coefficient (Wildman–Crippen LogP) is 1.54. The Labute approximate surface area is 69.2 Å². The zero-order valence-corrected chi connectivity index (χ0v) is 7.38. The lowest BCUT2D eigenvalue weighted by Crippen LogP contribution is -2.32. The Morgan fingerprint density at radius 2 is 2.36 bits per heavy atom. The highest BCUT2D eigenvalue weighted by Crippen LogP contribution is 2.19. The van der Waals surface area contributed by atoms with Crippen LogP contribution in [-0.4, -0.2) is 31.6 Å². The maximum atomic E-state index is 10.2. The topological polar surface area (TPSA) is 23.1 Å². The second kappa shape index (κ2) is 4.73. The van der Waals surface area contributed by atoms with Gasteiger partial charge in [-0.2, -0.15) is 0 Å². The molecule has 0 spiro atoms. The van der Waals surface area contributed by atoms with Gasteiger partial charge in [0.15, 0.2) is 0 Å². The van der Waals surface area contributed by atoms with E-state index in [9.17, 15) is 5.11 Å². The molecule has 0 aliphatic carbocycles. The molecule has 1 heterocycles. The molecule has 2 heteroatoms. The smallest absolute Gasteiger partial charge is 0.0822 e. The minimum absolute atomic E-state index is 0.111. The largest absolute Gasteiger partial charge is 0.306 e. The van der Waals surface area contributed by atoms with Crippen LogP contribution in [0.15, 0.2) is 0 Å². The molecule has 1 radical (unpaired) electrons. The molecule has 1 fully saturated rings. The van der Waals surface area contributed by atoms with E-state index in [2.05, 4.69) is 11.9 Å². The van der Waals surface area contributed by atoms with Crippen molar-refractivity contribution in [2.45, 2.75) is 25.7 Å². The van der Waals surface area contributed by atoms with Crippen LogP contribution in [0.4, 0.5) is 0 Å². The lowest BCUT2D eigenvalue weighted by molar-refractivity contribution is 0.157. The van der Waals surface area contributed by atoms with E-state index in [1.54, 1.807) is 0 Å². The summed E-state index contributed by atoms with van der Waals surface area (Å²) in [4.78, 5) is 2.37. The Kier molecular flexibility index (Phi) is 3.87. The Morgan fingerprint density at radius 3 is 3.00 bits per heavy atom. The van der Waals surface area contributed by atoms with E-state index in [-0.39, 0.29) is 6.61 Å². The third-order valence-electron chi connectivity index (χ3n) is 2.48. The molecule has 0 bridgehead atoms. The second-order valence-corrected chi connectivity index (χ2v) is 3.62. The quantitative estimate of drug-likeness (QED) is 0.608. The van der Waals surface area contributed by atoms with Gasteiger partial charge in [-0.15, -0.1) is 0 Å². The van der Waals surface area contributed by atoms with Crippen LogP contribution in [0, 0.1) is 5.92 Å². The van der Waals surface area contributed by atoms with Crippen LogP contribution < -0.4 is 0 Å². The van der Waals surface area contributed by atoms with E-state index in [1.165, 1.54) is 25.9 Å². The molecule has 0 aromatic carbocycles. The van der Waals surface area contributed by atoms with Crippen molar-refractivity contribution in [2.24, 2.45) is 5.92 Å². The summed E-state index contributed by atoms with van der Waals surface area (Å²) in [6.07, 6.45) is 4.68. The van der Waals surface area contributed by atoms with Crippen molar-refractivity contribution in [3.8, 4) is 0 Å². The first-order valence-electron chi connectivity index (χ1n) is 4.59. The lowest BCUT2D eigenvalue weighted by Gasteiger charge is -2.29. The SMILES string of the molecule is CN1CCCC(CCC[O])C1. The molecule has 1 atom stereocenters. The monoisotopic (exact) mass is 156 g/mol. The van der Waals surface area contributed by atoms with Crippen molar-refractivity contribution in [1.29, 1.82) is 0 Å². The van der Waals surface area contributed by atoms with Crippen LogP contribution in [-0.2, 0) is 5.11 Å². The van der Waals surface area contributed by atoms with Crippen molar-refractivity contribution < 1.29 is 5.11 Å². The summed E-state index contributed by atoms with van der Waals surface area (Å²) >= 11 is 0. The Hall–Kier alpha value is -0.0800. The third-order valence-corrected chi connectivity index (χ3v) is 2.48. The van der Waals surface area contributed by atoms with Gasteiger partial charge in [-0.25, -0.2) is 5.11 Å². The summed E-state index contributed by atoms with van der Waals surface area (Å²) in [5.41, 5.74) is 0. The lowest BCUT2D eigenvalue weighted by atomic mass is 9.94. The van der Waals surface area contributed by atoms with Gasteiger partial charge in [-0.05, 0) is 45.2 Å². The summed E-state index contributed by atoms with van der Waals surface area (Å²) in [6, 6.07) is 0. The van der Waals surface area contributed by atoms with Crippen LogP contribution in [0.2, 0.25) is 0 Å². The van der Waals surface area contributed by atoms with Gasteiger partial charge in [-0.1, -0.05) is 0 Å². The molecule has 0 amide bonds. The fourth-order valence-electron chi connectivity index (χ4n) is 1.88. The Morgan fingerprint density at radius 1 is 1.55 bits per heavy atom. The van der Waals surface area contributed by atoms with Gasteiger partial charge in [0.2, 0.25) is 0 Å². The maximum Gasteiger partial charge on any atom is 0.0822 e. The molecule has 65 valence electrons. The molecule has 1 rings (SSSR count). The molecule has 1 aliphatic heterocycles. The van der Waals surface area contributed by atoms with E-state index in [4.69, 9.17) is 0 Å². The van der Waals surface area contributed by atoms with Gasteiger partial charge < -0.3 is 4.90 Å². The fraction of sp³-hybridized carbons (Fsp3) is 1.00. The molecule has 1 unspecified atom stereocenters. The van der Waals surface area contributed by atoms with Gasteiger partial charge in [0, 0.05) is 6.54 Å². The molecule has 11 heavy (non-hydrogen) atoms. The first-order chi connectivity index (χ1) is 5.33. The highest BCUT2D eigenvalue weighted by molar-refractivity contribution is 4.70. The average molecular weight is 156 g/mol. The molecule has 0 aromatic heterocycles. The zero-order chi connectivity index (χ0) is 8.10. The highest BCUT2D eigenvalue weighted by atomic mass is 16.2. The third kappa shape index (κ3) is 3.21. The minimum atomic E-state index is 0.111. The van der Waals surface area contributed by atoms with Gasteiger partial charge in [0.05, 0.1) is 6.61 Å². The van der Waals surface area contributed by atoms with Gasteiger partial charge >= 0.3 is 0 Å². The van der Waals surface area contributed by atoms with E-state index < -0.39 is 0 Å². The van der Waals surface area contributed by atoms with Crippen LogP contribution in [0.1, 0.15) is 25.7 Å². The predicted molar refractivity (Wildman–Crippen MR) is 45.0 cm³/mol. The minimum Gasteiger partial charge on any atom is -0.306 e. The van der Waals surface area contributed by atoms with Crippen molar-refractivity contribution in [2.75, 3.05) is 26.7 Å². The first-order valence-corrected chi connectivity index (χ1v) is 4.59. The second-order valence-electron chi connectivity index (χ2n) is 3.62. The highest BCUT2D eigenvalue weighted by Gasteiger charge is 2.15. The Bertz CT molecular complexity index is 106. The van der Waals surface area contributed by atoms with Crippen molar-refractivity contribution >= 4 is 0 Å². The van der Waals surface area contributed by atoms with Gasteiger partial charge in [-0.3, -0.25) is 0 Å². The van der Waals surface area contributed by atoms with Crippen molar-refractivity contribution in [3.63, 3.8) is 0 Å². The normalized spacial score (nSPS) is 27.3. The summed E-state index contributed by atoms with van der Waals surface area (Å²) in [5.74, 6) is 0.808. The number of hydrogen-bond acceptors (Lipinski definition) is 1. The molecule has 1 aliphatic rings. The molecule has 0 aromatic rings. The Balaban J connectivity index is 2.12. The summed E-state index contributed by atoms with van der Waals surface area (Å²) in [6.45, 7) is 2.56. The number of nitrogens with zero attached hydrogens (tertiary/aromatic N) is 1. The van der Waals surface area contributed by atoms with Crippen molar-refractivity contribution in [3.05, 3.63) is 0 Å². The van der Waals surface area contributed by atoms with E-state index in [1.807, 2.05) is 0 Å². The van der Waals surface area contributed by atoms with Crippen LogP contribution in [0.25, 0.3) is 0 Å². The number of hydrogen-bond donors (Lipinski definition) is 0. The zero-order valence-electron chi connectivity index (χ0n) is 7.38. The summed E-state index contributed by atoms with van der Waals surface area (Å²) in [5, 5.41) is 10.2. The summed E-state index contributed by atoms with van der Waals surface area (Å²) < 4.78 is 0. The molecule has 2 nitrogen and oxygen atoms in total. The van der Waals surface area contributed by atoms with Crippen LogP contribution in [0.5, 0.6) is 0 Å². The molecular formula is C9H18NO. The molecule has 0 N–H and O–H groups in total. The average Bonchev–Trinajstić information content (AvgIpc) is 2.01. The molecule has 1 saturated heterocycles. The van der Waals surface area contributed by atoms with Crippen LogP contribution in [0.3, 0.4) is 0 Å². The fourth-order valence-corrected chi connectivity index (χ4v) is 1.88. The molecular weight excluding hydrogens is 138 g/mol. The van der Waals surface area contributed by atoms with E-state index in [0.717, 1.165) is 18.8 Å². The van der Waals surface area contributed by atoms with Crippen molar-refractivity contribution in [1.82, 2.24) is 4.90 Å². The van der Waals surface area contributed by atoms with E-state index in [0.29, 0.717) is 0 Å². The standard InChI is InChI=1S/C9H18NO/c1-10-6-2-4-9(8-10)5-3-7-11/h9H,2-8H2,1H3. The number of likely N-dealkylation sites (tertiary alicyclic amines) is 1. The van der Waals surface area contributed by atoms with Gasteiger partial charge in [0.25, 0.3) is 0 Å². The van der Waals surface area contributed by atoms with E-state index >= 15 is 0 Å². The maximum absolute atomic E-state index is 10.2. The number of rotatable bonds is 3. The molecule has 0 saturated carbocycles. The summed E-state index contributed by atoms with van der Waals surface area (Å²) in [7, 11) is 2.17. The first kappa shape index (κ1) is 9.01. The van der Waals surface area contributed by atoms with Crippen LogP contribution >= 0.6 is 0 Å². The number of piperidine rings is 1.